The van der Waals surface area contributed by atoms with Crippen LogP contribution in [0.15, 0.2) is 11.6 Å². The van der Waals surface area contributed by atoms with Gasteiger partial charge in [0.05, 0.1) is 12.6 Å². The van der Waals surface area contributed by atoms with Crippen molar-refractivity contribution >= 4 is 5.91 Å². The van der Waals surface area contributed by atoms with Gasteiger partial charge in [0.15, 0.2) is 0 Å². The molecule has 1 aliphatic carbocycles. The molecule has 132 valence electrons. The fourth-order valence-corrected chi connectivity index (χ4v) is 3.63. The lowest BCUT2D eigenvalue weighted by molar-refractivity contribution is -0.123. The van der Waals surface area contributed by atoms with Gasteiger partial charge in [0.2, 0.25) is 5.91 Å². The largest absolute Gasteiger partial charge is 0.354 e. The summed E-state index contributed by atoms with van der Waals surface area (Å²) in [6.45, 7) is 5.40. The second kappa shape index (κ2) is 7.92. The van der Waals surface area contributed by atoms with E-state index in [2.05, 4.69) is 26.8 Å². The first-order valence-corrected chi connectivity index (χ1v) is 9.24. The van der Waals surface area contributed by atoms with Gasteiger partial charge in [0.1, 0.15) is 11.6 Å². The van der Waals surface area contributed by atoms with Crippen molar-refractivity contribution in [1.29, 1.82) is 0 Å². The summed E-state index contributed by atoms with van der Waals surface area (Å²) in [4.78, 5) is 16.7. The van der Waals surface area contributed by atoms with Gasteiger partial charge in [-0.3, -0.25) is 4.79 Å². The van der Waals surface area contributed by atoms with Crippen molar-refractivity contribution in [2.24, 2.45) is 0 Å². The van der Waals surface area contributed by atoms with Crippen LogP contribution in [0.2, 0.25) is 0 Å². The molecule has 6 nitrogen and oxygen atoms in total. The maximum atomic E-state index is 12.3. The highest BCUT2D eigenvalue weighted by molar-refractivity contribution is 5.81. The minimum Gasteiger partial charge on any atom is -0.354 e. The van der Waals surface area contributed by atoms with Crippen molar-refractivity contribution in [1.82, 2.24) is 25.4 Å². The molecule has 3 rings (SSSR count). The van der Waals surface area contributed by atoms with Crippen molar-refractivity contribution in [3.05, 3.63) is 23.3 Å². The zero-order valence-electron chi connectivity index (χ0n) is 14.8. The van der Waals surface area contributed by atoms with Gasteiger partial charge in [-0.1, -0.05) is 11.6 Å². The predicted molar refractivity (Wildman–Crippen MR) is 93.6 cm³/mol. The lowest BCUT2D eigenvalue weighted by Crippen LogP contribution is -2.49. The van der Waals surface area contributed by atoms with Crippen molar-refractivity contribution in [3.63, 3.8) is 0 Å². The first kappa shape index (κ1) is 17.1. The number of hydrogen-bond donors (Lipinski definition) is 2. The van der Waals surface area contributed by atoms with Gasteiger partial charge >= 0.3 is 0 Å². The molecule has 0 aromatic carbocycles. The zero-order chi connectivity index (χ0) is 16.9. The number of nitrogens with one attached hydrogen (secondary N) is 2. The van der Waals surface area contributed by atoms with Crippen molar-refractivity contribution in [3.8, 4) is 0 Å². The minimum atomic E-state index is -0.179. The Hall–Kier alpha value is -1.69. The van der Waals surface area contributed by atoms with Gasteiger partial charge in [0, 0.05) is 19.0 Å². The van der Waals surface area contributed by atoms with Crippen LogP contribution in [0.25, 0.3) is 0 Å². The van der Waals surface area contributed by atoms with E-state index in [9.17, 15) is 4.79 Å². The Bertz CT molecular complexity index is 607. The summed E-state index contributed by atoms with van der Waals surface area (Å²) in [5.41, 5.74) is 1.50. The Morgan fingerprint density at radius 3 is 3.08 bits per heavy atom. The summed E-state index contributed by atoms with van der Waals surface area (Å²) >= 11 is 0. The third kappa shape index (κ3) is 4.44. The molecule has 1 aromatic heterocycles. The third-order valence-electron chi connectivity index (χ3n) is 4.97. The first-order chi connectivity index (χ1) is 11.6. The van der Waals surface area contributed by atoms with Crippen LogP contribution in [0.1, 0.15) is 57.1 Å². The number of fused-ring (bicyclic) bond motifs is 1. The molecule has 1 amide bonds. The molecular formula is C18H29N5O. The van der Waals surface area contributed by atoms with Crippen LogP contribution in [0, 0.1) is 6.92 Å². The van der Waals surface area contributed by atoms with Gasteiger partial charge in [0.25, 0.3) is 0 Å². The van der Waals surface area contributed by atoms with E-state index in [-0.39, 0.29) is 18.0 Å². The van der Waals surface area contributed by atoms with Crippen LogP contribution < -0.4 is 10.6 Å². The van der Waals surface area contributed by atoms with Gasteiger partial charge in [-0.2, -0.15) is 5.10 Å². The normalized spacial score (nSPS) is 21.8. The van der Waals surface area contributed by atoms with Crippen LogP contribution in [0.4, 0.5) is 0 Å². The van der Waals surface area contributed by atoms with E-state index in [1.165, 1.54) is 31.3 Å². The molecule has 2 atom stereocenters. The molecule has 0 spiro atoms. The van der Waals surface area contributed by atoms with Crippen LogP contribution in [0.5, 0.6) is 0 Å². The van der Waals surface area contributed by atoms with E-state index in [4.69, 9.17) is 0 Å². The topological polar surface area (TPSA) is 71.8 Å². The molecule has 2 N–H and O–H groups in total. The Labute approximate surface area is 144 Å². The Morgan fingerprint density at radius 1 is 1.42 bits per heavy atom. The number of amides is 1. The fraction of sp³-hybridized carbons (Fsp3) is 0.722. The summed E-state index contributed by atoms with van der Waals surface area (Å²) < 4.78 is 1.97. The summed E-state index contributed by atoms with van der Waals surface area (Å²) in [7, 11) is 0. The number of rotatable bonds is 6. The van der Waals surface area contributed by atoms with Gasteiger partial charge in [-0.05, 0) is 52.4 Å². The standard InChI is InChI=1S/C18H29N5O/c1-13(18(24)19-11-10-15-6-4-3-5-7-15)20-16-8-9-17-21-14(2)22-23(17)12-16/h6,13,16,20H,3-5,7-12H2,1-2H3,(H,19,24)/t13-,16+/m0/s1. The Kier molecular flexibility index (Phi) is 5.66. The quantitative estimate of drug-likeness (QED) is 0.781. The minimum absolute atomic E-state index is 0.0898. The number of allylic oxidation sites excluding steroid dienone is 1. The van der Waals surface area contributed by atoms with Crippen molar-refractivity contribution in [2.45, 2.75) is 77.4 Å². The number of aromatic nitrogens is 3. The maximum absolute atomic E-state index is 12.3. The molecular weight excluding hydrogens is 302 g/mol. The molecule has 24 heavy (non-hydrogen) atoms. The molecule has 2 heterocycles. The average molecular weight is 331 g/mol. The highest BCUT2D eigenvalue weighted by atomic mass is 16.2. The molecule has 0 unspecified atom stereocenters. The van der Waals surface area contributed by atoms with E-state index in [0.29, 0.717) is 0 Å². The highest BCUT2D eigenvalue weighted by Crippen LogP contribution is 2.19. The molecule has 6 heteroatoms. The molecule has 2 aliphatic rings. The second-order valence-corrected chi connectivity index (χ2v) is 7.03. The van der Waals surface area contributed by atoms with Gasteiger partial charge in [-0.25, -0.2) is 9.67 Å². The number of carbonyl (C=O) groups excluding carboxylic acids is 1. The van der Waals surface area contributed by atoms with Crippen LogP contribution in [-0.2, 0) is 17.8 Å². The van der Waals surface area contributed by atoms with Gasteiger partial charge in [-0.15, -0.1) is 0 Å². The molecule has 0 saturated carbocycles. The Morgan fingerprint density at radius 2 is 2.29 bits per heavy atom. The number of carbonyl (C=O) groups is 1. The van der Waals surface area contributed by atoms with Crippen molar-refractivity contribution in [2.75, 3.05) is 6.54 Å². The zero-order valence-corrected chi connectivity index (χ0v) is 14.8. The van der Waals surface area contributed by atoms with E-state index in [0.717, 1.165) is 44.0 Å². The third-order valence-corrected chi connectivity index (χ3v) is 4.97. The molecule has 0 fully saturated rings. The number of aryl methyl sites for hydroxylation is 2. The first-order valence-electron chi connectivity index (χ1n) is 9.24. The molecule has 0 saturated heterocycles. The second-order valence-electron chi connectivity index (χ2n) is 7.03. The smallest absolute Gasteiger partial charge is 0.236 e. The maximum Gasteiger partial charge on any atom is 0.236 e. The van der Waals surface area contributed by atoms with Gasteiger partial charge < -0.3 is 10.6 Å². The fourth-order valence-electron chi connectivity index (χ4n) is 3.63. The summed E-state index contributed by atoms with van der Waals surface area (Å²) in [5, 5.41) is 10.9. The van der Waals surface area contributed by atoms with E-state index in [1.807, 2.05) is 18.5 Å². The summed E-state index contributed by atoms with van der Waals surface area (Å²) in [6, 6.07) is 0.0990. The van der Waals surface area contributed by atoms with Crippen molar-refractivity contribution < 1.29 is 4.79 Å². The highest BCUT2D eigenvalue weighted by Gasteiger charge is 2.24. The summed E-state index contributed by atoms with van der Waals surface area (Å²) in [6.07, 6.45) is 10.3. The molecule has 1 aromatic rings. The average Bonchev–Trinajstić information content (AvgIpc) is 2.95. The number of hydrogen-bond acceptors (Lipinski definition) is 4. The lowest BCUT2D eigenvalue weighted by atomic mass is 9.97. The van der Waals surface area contributed by atoms with E-state index >= 15 is 0 Å². The van der Waals surface area contributed by atoms with E-state index in [1.54, 1.807) is 0 Å². The lowest BCUT2D eigenvalue weighted by Gasteiger charge is -2.26. The van der Waals surface area contributed by atoms with Crippen LogP contribution in [-0.4, -0.2) is 39.3 Å². The van der Waals surface area contributed by atoms with Crippen LogP contribution >= 0.6 is 0 Å². The van der Waals surface area contributed by atoms with E-state index < -0.39 is 0 Å². The molecule has 0 radical (unpaired) electrons. The Balaban J connectivity index is 1.40. The molecule has 1 aliphatic heterocycles. The monoisotopic (exact) mass is 331 g/mol. The predicted octanol–water partition coefficient (Wildman–Crippen LogP) is 1.89. The molecule has 0 bridgehead atoms. The number of nitrogens with zero attached hydrogens (tertiary/aromatic N) is 3. The summed E-state index contributed by atoms with van der Waals surface area (Å²) in [5.74, 6) is 1.98. The van der Waals surface area contributed by atoms with Crippen LogP contribution in [0.3, 0.4) is 0 Å². The SMILES string of the molecule is Cc1nc2n(n1)C[C@H](N[C@@H](C)C(=O)NCCC1=CCCCC1)CC2.